The molecule has 2 aromatic rings. The van der Waals surface area contributed by atoms with Gasteiger partial charge in [0.05, 0.1) is 33.4 Å². The Morgan fingerprint density at radius 3 is 2.73 bits per heavy atom. The Balaban J connectivity index is 1.84. The number of hydrogen-bond acceptors (Lipinski definition) is 6. The molecule has 0 radical (unpaired) electrons. The molecule has 26 heavy (non-hydrogen) atoms. The average molecular weight is 383 g/mol. The molecule has 1 atom stereocenters. The molecule has 1 aliphatic rings. The summed E-state index contributed by atoms with van der Waals surface area (Å²) in [5, 5.41) is 17.1. The van der Waals surface area contributed by atoms with Gasteiger partial charge in [-0.05, 0) is 24.6 Å². The van der Waals surface area contributed by atoms with Crippen molar-refractivity contribution in [2.45, 2.75) is 31.0 Å². The number of carboxylic acids is 1. The smallest absolute Gasteiger partial charge is 0.416 e. The Kier molecular flexibility index (Phi) is 4.61. The van der Waals surface area contributed by atoms with Crippen molar-refractivity contribution < 1.29 is 27.9 Å². The zero-order valence-corrected chi connectivity index (χ0v) is 14.0. The first-order valence-electron chi connectivity index (χ1n) is 7.51. The van der Waals surface area contributed by atoms with Gasteiger partial charge in [0, 0.05) is 12.5 Å². The molecule has 1 aliphatic heterocycles. The molecule has 6 nitrogen and oxygen atoms in total. The van der Waals surface area contributed by atoms with Gasteiger partial charge in [-0.3, -0.25) is 9.59 Å². The highest BCUT2D eigenvalue weighted by Crippen LogP contribution is 2.34. The summed E-state index contributed by atoms with van der Waals surface area (Å²) in [5.41, 5.74) is -2.08. The van der Waals surface area contributed by atoms with Gasteiger partial charge < -0.3 is 5.11 Å². The van der Waals surface area contributed by atoms with Crippen LogP contribution >= 0.6 is 11.3 Å². The summed E-state index contributed by atoms with van der Waals surface area (Å²) in [6.45, 7) is 0. The number of hydrogen-bond donors (Lipinski definition) is 1. The Labute approximate surface area is 149 Å². The highest BCUT2D eigenvalue weighted by molar-refractivity contribution is 7.18. The van der Waals surface area contributed by atoms with Crippen LogP contribution in [0.5, 0.6) is 0 Å². The maximum absolute atomic E-state index is 12.8. The fourth-order valence-corrected chi connectivity index (χ4v) is 3.60. The zero-order chi connectivity index (χ0) is 18.9. The van der Waals surface area contributed by atoms with Crippen molar-refractivity contribution in [1.29, 1.82) is 0 Å². The van der Waals surface area contributed by atoms with Gasteiger partial charge in [-0.15, -0.1) is 11.3 Å². The molecule has 1 aromatic heterocycles. The van der Waals surface area contributed by atoms with E-state index >= 15 is 0 Å². The third-order valence-corrected chi connectivity index (χ3v) is 5.05. The SMILES string of the molecule is O=C(O)CC1(CCc2nc3cc(C(F)(F)F)ccc3s2)N=NC=CC1=O. The van der Waals surface area contributed by atoms with E-state index in [-0.39, 0.29) is 18.4 Å². The van der Waals surface area contributed by atoms with E-state index in [1.807, 2.05) is 0 Å². The number of rotatable bonds is 5. The van der Waals surface area contributed by atoms with Crippen LogP contribution in [-0.4, -0.2) is 27.4 Å². The second-order valence-electron chi connectivity index (χ2n) is 5.79. The Morgan fingerprint density at radius 2 is 2.08 bits per heavy atom. The Morgan fingerprint density at radius 1 is 1.31 bits per heavy atom. The number of ketones is 1. The third-order valence-electron chi connectivity index (χ3n) is 3.96. The van der Waals surface area contributed by atoms with Crippen LogP contribution in [0.4, 0.5) is 13.2 Å². The molecule has 2 heterocycles. The van der Waals surface area contributed by atoms with Crippen LogP contribution in [0, 0.1) is 0 Å². The van der Waals surface area contributed by atoms with Gasteiger partial charge in [-0.1, -0.05) is 0 Å². The maximum atomic E-state index is 12.8. The highest BCUT2D eigenvalue weighted by Gasteiger charge is 2.40. The predicted octanol–water partition coefficient (Wildman–Crippen LogP) is 4.01. The molecular formula is C16H12F3N3O3S. The summed E-state index contributed by atoms with van der Waals surface area (Å²) in [7, 11) is 0. The van der Waals surface area contributed by atoms with E-state index in [0.717, 1.165) is 12.1 Å². The van der Waals surface area contributed by atoms with E-state index in [1.54, 1.807) is 0 Å². The first-order chi connectivity index (χ1) is 12.2. The molecule has 1 unspecified atom stereocenters. The number of benzene rings is 1. The molecule has 0 saturated carbocycles. The summed E-state index contributed by atoms with van der Waals surface area (Å²) in [6, 6.07) is 3.30. The number of carbonyl (C=O) groups excluding carboxylic acids is 1. The Bertz CT molecular complexity index is 936. The van der Waals surface area contributed by atoms with E-state index in [2.05, 4.69) is 15.2 Å². The normalized spacial score (nSPS) is 20.0. The number of alkyl halides is 3. The van der Waals surface area contributed by atoms with Crippen molar-refractivity contribution in [3.63, 3.8) is 0 Å². The largest absolute Gasteiger partial charge is 0.481 e. The standard InChI is InChI=1S/C16H12F3N3O3S/c17-16(18,19)9-1-2-11-10(7-9)21-13(26-11)3-5-15(8-14(24)25)12(23)4-6-20-22-15/h1-2,4,6-7H,3,5,8H2,(H,24,25). The molecule has 0 amide bonds. The van der Waals surface area contributed by atoms with E-state index in [1.165, 1.54) is 29.7 Å². The number of carboxylic acid groups (broad SMARTS) is 1. The summed E-state index contributed by atoms with van der Waals surface area (Å²) in [4.78, 5) is 27.4. The summed E-state index contributed by atoms with van der Waals surface area (Å²) >= 11 is 1.20. The zero-order valence-electron chi connectivity index (χ0n) is 13.2. The van der Waals surface area contributed by atoms with Gasteiger partial charge in [-0.25, -0.2) is 4.98 Å². The van der Waals surface area contributed by atoms with Crippen molar-refractivity contribution in [2.24, 2.45) is 10.2 Å². The molecule has 0 aliphatic carbocycles. The van der Waals surface area contributed by atoms with E-state index < -0.39 is 35.5 Å². The van der Waals surface area contributed by atoms with Gasteiger partial charge in [0.1, 0.15) is 0 Å². The van der Waals surface area contributed by atoms with Crippen LogP contribution in [0.2, 0.25) is 0 Å². The number of aliphatic carboxylic acids is 1. The minimum Gasteiger partial charge on any atom is -0.481 e. The quantitative estimate of drug-likeness (QED) is 0.844. The third kappa shape index (κ3) is 3.64. The van der Waals surface area contributed by atoms with Crippen LogP contribution < -0.4 is 0 Å². The monoisotopic (exact) mass is 383 g/mol. The molecule has 0 spiro atoms. The molecule has 0 saturated heterocycles. The van der Waals surface area contributed by atoms with E-state index in [0.29, 0.717) is 9.71 Å². The number of aryl methyl sites for hydroxylation is 1. The average Bonchev–Trinajstić information content (AvgIpc) is 2.96. The molecule has 1 aromatic carbocycles. The summed E-state index contributed by atoms with van der Waals surface area (Å²) < 4.78 is 38.9. The second kappa shape index (κ2) is 6.60. The van der Waals surface area contributed by atoms with Crippen LogP contribution in [0.1, 0.15) is 23.4 Å². The fourth-order valence-electron chi connectivity index (χ4n) is 2.66. The van der Waals surface area contributed by atoms with Gasteiger partial charge in [0.15, 0.2) is 11.3 Å². The lowest BCUT2D eigenvalue weighted by atomic mass is 9.85. The first kappa shape index (κ1) is 18.2. The molecule has 0 fully saturated rings. The number of azo groups is 1. The van der Waals surface area contributed by atoms with Crippen molar-refractivity contribution >= 4 is 33.3 Å². The number of aromatic nitrogens is 1. The molecule has 10 heteroatoms. The van der Waals surface area contributed by atoms with Crippen molar-refractivity contribution in [3.8, 4) is 0 Å². The van der Waals surface area contributed by atoms with Crippen molar-refractivity contribution in [1.82, 2.24) is 4.98 Å². The number of carbonyl (C=O) groups is 2. The van der Waals surface area contributed by atoms with Crippen LogP contribution in [-0.2, 0) is 22.2 Å². The topological polar surface area (TPSA) is 92.0 Å². The Hall–Kier alpha value is -2.62. The number of nitrogens with zero attached hydrogens (tertiary/aromatic N) is 3. The lowest BCUT2D eigenvalue weighted by molar-refractivity contribution is -0.141. The summed E-state index contributed by atoms with van der Waals surface area (Å²) in [6.07, 6.45) is -2.35. The minimum absolute atomic E-state index is 0.0535. The molecule has 136 valence electrons. The first-order valence-corrected chi connectivity index (χ1v) is 8.33. The van der Waals surface area contributed by atoms with Gasteiger partial charge >= 0.3 is 12.1 Å². The van der Waals surface area contributed by atoms with Gasteiger partial charge in [0.2, 0.25) is 0 Å². The number of thiazole rings is 1. The predicted molar refractivity (Wildman–Crippen MR) is 86.9 cm³/mol. The molecule has 1 N–H and O–H groups in total. The summed E-state index contributed by atoms with van der Waals surface area (Å²) in [5.74, 6) is -1.65. The van der Waals surface area contributed by atoms with Crippen molar-refractivity contribution in [3.05, 3.63) is 41.0 Å². The molecule has 0 bridgehead atoms. The lowest BCUT2D eigenvalue weighted by Gasteiger charge is -2.25. The maximum Gasteiger partial charge on any atom is 0.416 e. The fraction of sp³-hybridized carbons (Fsp3) is 0.312. The number of fused-ring (bicyclic) bond motifs is 1. The van der Waals surface area contributed by atoms with E-state index in [9.17, 15) is 22.8 Å². The van der Waals surface area contributed by atoms with Gasteiger partial charge in [-0.2, -0.15) is 23.4 Å². The highest BCUT2D eigenvalue weighted by atomic mass is 32.1. The van der Waals surface area contributed by atoms with Crippen LogP contribution in [0.3, 0.4) is 0 Å². The lowest BCUT2D eigenvalue weighted by Crippen LogP contribution is -2.39. The molecular weight excluding hydrogens is 371 g/mol. The molecule has 3 rings (SSSR count). The minimum atomic E-state index is -4.45. The second-order valence-corrected chi connectivity index (χ2v) is 6.90. The van der Waals surface area contributed by atoms with E-state index in [4.69, 9.17) is 5.11 Å². The number of halogens is 3. The van der Waals surface area contributed by atoms with Crippen LogP contribution in [0.15, 0.2) is 40.7 Å². The van der Waals surface area contributed by atoms with Crippen LogP contribution in [0.25, 0.3) is 10.2 Å². The van der Waals surface area contributed by atoms with Crippen molar-refractivity contribution in [2.75, 3.05) is 0 Å². The van der Waals surface area contributed by atoms with Gasteiger partial charge in [0.25, 0.3) is 0 Å².